The molecule has 0 saturated heterocycles. The van der Waals surface area contributed by atoms with Gasteiger partial charge in [-0.1, -0.05) is 24.9 Å². The Morgan fingerprint density at radius 1 is 1.27 bits per heavy atom. The number of rotatable bonds is 7. The second kappa shape index (κ2) is 9.20. The third kappa shape index (κ3) is 4.95. The largest absolute Gasteiger partial charge is 0.495 e. The first kappa shape index (κ1) is 19.7. The highest BCUT2D eigenvalue weighted by Crippen LogP contribution is 2.28. The van der Waals surface area contributed by atoms with Crippen LogP contribution >= 0.6 is 11.6 Å². The number of hydrogen-bond donors (Lipinski definition) is 1. The molecular formula is C19H22ClN3O3. The molecule has 0 bridgehead atoms. The highest BCUT2D eigenvalue weighted by Gasteiger charge is 2.16. The van der Waals surface area contributed by atoms with Crippen molar-refractivity contribution in [2.45, 2.75) is 19.8 Å². The van der Waals surface area contributed by atoms with Gasteiger partial charge >= 0.3 is 0 Å². The lowest BCUT2D eigenvalue weighted by Gasteiger charge is -2.16. The van der Waals surface area contributed by atoms with Crippen LogP contribution in [-0.2, 0) is 0 Å². The summed E-state index contributed by atoms with van der Waals surface area (Å²) in [5.41, 5.74) is 1.01. The molecular weight excluding hydrogens is 354 g/mol. The molecule has 1 aromatic heterocycles. The summed E-state index contributed by atoms with van der Waals surface area (Å²) >= 11 is 5.98. The molecule has 1 N–H and O–H groups in total. The van der Waals surface area contributed by atoms with Gasteiger partial charge in [0, 0.05) is 30.4 Å². The molecule has 0 atom stereocenters. The molecule has 7 heteroatoms. The lowest BCUT2D eigenvalue weighted by atomic mass is 10.2. The van der Waals surface area contributed by atoms with Crippen LogP contribution in [0.5, 0.6) is 5.75 Å². The maximum absolute atomic E-state index is 12.5. The molecule has 1 aromatic carbocycles. The van der Waals surface area contributed by atoms with Crippen molar-refractivity contribution >= 4 is 29.1 Å². The molecule has 0 aliphatic heterocycles. The quantitative estimate of drug-likeness (QED) is 0.797. The number of halogens is 1. The van der Waals surface area contributed by atoms with E-state index in [1.165, 1.54) is 19.4 Å². The molecule has 0 fully saturated rings. The van der Waals surface area contributed by atoms with E-state index in [2.05, 4.69) is 17.2 Å². The number of nitrogens with zero attached hydrogens (tertiary/aromatic N) is 2. The van der Waals surface area contributed by atoms with Gasteiger partial charge in [0.2, 0.25) is 0 Å². The molecule has 6 nitrogen and oxygen atoms in total. The first-order chi connectivity index (χ1) is 12.5. The van der Waals surface area contributed by atoms with Crippen LogP contribution in [0.1, 0.15) is 40.6 Å². The number of anilines is 1. The summed E-state index contributed by atoms with van der Waals surface area (Å²) in [4.78, 5) is 30.7. The van der Waals surface area contributed by atoms with E-state index >= 15 is 0 Å². The van der Waals surface area contributed by atoms with E-state index in [1.807, 2.05) is 0 Å². The molecule has 2 aromatic rings. The number of nitrogens with one attached hydrogen (secondary N) is 1. The first-order valence-electron chi connectivity index (χ1n) is 8.32. The zero-order valence-corrected chi connectivity index (χ0v) is 15.8. The fraction of sp³-hybridized carbons (Fsp3) is 0.316. The molecule has 0 aliphatic rings. The van der Waals surface area contributed by atoms with Crippen molar-refractivity contribution in [3.8, 4) is 5.75 Å². The molecule has 1 heterocycles. The number of benzene rings is 1. The zero-order chi connectivity index (χ0) is 19.1. The maximum Gasteiger partial charge on any atom is 0.272 e. The fourth-order valence-electron chi connectivity index (χ4n) is 2.35. The number of methoxy groups -OCH3 is 1. The predicted octanol–water partition coefficient (Wildman–Crippen LogP) is 3.87. The van der Waals surface area contributed by atoms with Gasteiger partial charge in [-0.2, -0.15) is 0 Å². The van der Waals surface area contributed by atoms with Gasteiger partial charge in [0.05, 0.1) is 12.8 Å². The Kier molecular flexibility index (Phi) is 6.97. The third-order valence-electron chi connectivity index (χ3n) is 3.84. The number of carbonyl (C=O) groups excluding carboxylic acids is 2. The molecule has 0 saturated carbocycles. The Morgan fingerprint density at radius 3 is 2.73 bits per heavy atom. The number of aromatic nitrogens is 1. The summed E-state index contributed by atoms with van der Waals surface area (Å²) < 4.78 is 5.22. The minimum absolute atomic E-state index is 0.214. The second-order valence-electron chi connectivity index (χ2n) is 5.81. The Bertz CT molecular complexity index is 795. The molecule has 0 spiro atoms. The van der Waals surface area contributed by atoms with Crippen molar-refractivity contribution in [1.29, 1.82) is 0 Å². The number of amides is 2. The van der Waals surface area contributed by atoms with E-state index < -0.39 is 0 Å². The Labute approximate surface area is 158 Å². The standard InChI is InChI=1S/C19H22ClN3O3/c1-4-5-10-23(2)19(25)16-11-13(8-9-21-16)18(24)22-15-12-14(20)6-7-17(15)26-3/h6-9,11-12H,4-5,10H2,1-3H3,(H,22,24). The highest BCUT2D eigenvalue weighted by atomic mass is 35.5. The molecule has 2 amide bonds. The Balaban J connectivity index is 2.18. The number of pyridine rings is 1. The average Bonchev–Trinajstić information content (AvgIpc) is 2.65. The lowest BCUT2D eigenvalue weighted by molar-refractivity contribution is 0.0787. The minimum atomic E-state index is -0.377. The van der Waals surface area contributed by atoms with Gasteiger partial charge in [0.25, 0.3) is 11.8 Å². The summed E-state index contributed by atoms with van der Waals surface area (Å²) in [6.45, 7) is 2.71. The number of ether oxygens (including phenoxy) is 1. The van der Waals surface area contributed by atoms with Gasteiger partial charge in [-0.05, 0) is 36.8 Å². The smallest absolute Gasteiger partial charge is 0.272 e. The van der Waals surface area contributed by atoms with Crippen molar-refractivity contribution in [2.75, 3.05) is 26.0 Å². The van der Waals surface area contributed by atoms with Crippen LogP contribution in [0.15, 0.2) is 36.5 Å². The number of hydrogen-bond acceptors (Lipinski definition) is 4. The Hall–Kier alpha value is -2.60. The van der Waals surface area contributed by atoms with Crippen molar-refractivity contribution in [1.82, 2.24) is 9.88 Å². The summed E-state index contributed by atoms with van der Waals surface area (Å²) in [6.07, 6.45) is 3.36. The van der Waals surface area contributed by atoms with Gasteiger partial charge in [0.15, 0.2) is 0 Å². The van der Waals surface area contributed by atoms with E-state index in [9.17, 15) is 9.59 Å². The highest BCUT2D eigenvalue weighted by molar-refractivity contribution is 6.31. The minimum Gasteiger partial charge on any atom is -0.495 e. The van der Waals surface area contributed by atoms with Gasteiger partial charge in [-0.25, -0.2) is 0 Å². The van der Waals surface area contributed by atoms with Gasteiger partial charge < -0.3 is 15.0 Å². The zero-order valence-electron chi connectivity index (χ0n) is 15.1. The summed E-state index contributed by atoms with van der Waals surface area (Å²) in [5, 5.41) is 3.22. The summed E-state index contributed by atoms with van der Waals surface area (Å²) in [7, 11) is 3.23. The van der Waals surface area contributed by atoms with E-state index in [0.29, 0.717) is 28.6 Å². The monoisotopic (exact) mass is 375 g/mol. The topological polar surface area (TPSA) is 71.5 Å². The lowest BCUT2D eigenvalue weighted by Crippen LogP contribution is -2.28. The average molecular weight is 376 g/mol. The summed E-state index contributed by atoms with van der Waals surface area (Å²) in [5.74, 6) is -0.0981. The van der Waals surface area contributed by atoms with E-state index in [-0.39, 0.29) is 17.5 Å². The van der Waals surface area contributed by atoms with E-state index in [0.717, 1.165) is 12.8 Å². The predicted molar refractivity (Wildman–Crippen MR) is 102 cm³/mol. The van der Waals surface area contributed by atoms with Crippen molar-refractivity contribution in [3.05, 3.63) is 52.8 Å². The Morgan fingerprint density at radius 2 is 2.04 bits per heavy atom. The SMILES string of the molecule is CCCCN(C)C(=O)c1cc(C(=O)Nc2cc(Cl)ccc2OC)ccn1. The second-order valence-corrected chi connectivity index (χ2v) is 6.25. The van der Waals surface area contributed by atoms with Crippen LogP contribution in [0, 0.1) is 0 Å². The molecule has 2 rings (SSSR count). The van der Waals surface area contributed by atoms with Crippen LogP contribution in [0.3, 0.4) is 0 Å². The number of carbonyl (C=O) groups is 2. The molecule has 0 aliphatic carbocycles. The van der Waals surface area contributed by atoms with E-state index in [1.54, 1.807) is 36.2 Å². The van der Waals surface area contributed by atoms with Crippen LogP contribution in [-0.4, -0.2) is 42.4 Å². The summed E-state index contributed by atoms with van der Waals surface area (Å²) in [6, 6.07) is 7.98. The van der Waals surface area contributed by atoms with Crippen LogP contribution in [0.2, 0.25) is 5.02 Å². The molecule has 26 heavy (non-hydrogen) atoms. The molecule has 0 radical (unpaired) electrons. The van der Waals surface area contributed by atoms with Crippen molar-refractivity contribution < 1.29 is 14.3 Å². The fourth-order valence-corrected chi connectivity index (χ4v) is 2.53. The van der Waals surface area contributed by atoms with Crippen LogP contribution in [0.4, 0.5) is 5.69 Å². The maximum atomic E-state index is 12.5. The molecule has 138 valence electrons. The number of unbranched alkanes of at least 4 members (excludes halogenated alkanes) is 1. The van der Waals surface area contributed by atoms with Gasteiger partial charge in [-0.3, -0.25) is 14.6 Å². The third-order valence-corrected chi connectivity index (χ3v) is 4.08. The normalized spacial score (nSPS) is 10.3. The van der Waals surface area contributed by atoms with Gasteiger partial charge in [0.1, 0.15) is 11.4 Å². The van der Waals surface area contributed by atoms with Gasteiger partial charge in [-0.15, -0.1) is 0 Å². The van der Waals surface area contributed by atoms with Crippen molar-refractivity contribution in [2.24, 2.45) is 0 Å². The molecule has 0 unspecified atom stereocenters. The van der Waals surface area contributed by atoms with E-state index in [4.69, 9.17) is 16.3 Å². The van der Waals surface area contributed by atoms with Crippen LogP contribution in [0.25, 0.3) is 0 Å². The van der Waals surface area contributed by atoms with Crippen molar-refractivity contribution in [3.63, 3.8) is 0 Å². The van der Waals surface area contributed by atoms with Crippen LogP contribution < -0.4 is 10.1 Å². The first-order valence-corrected chi connectivity index (χ1v) is 8.70.